The van der Waals surface area contributed by atoms with E-state index in [0.717, 1.165) is 3.57 Å². The fraction of sp³-hybridized carbons (Fsp3) is 0.125. The average Bonchev–Trinajstić information content (AvgIpc) is 2.56. The van der Waals surface area contributed by atoms with Gasteiger partial charge >= 0.3 is 0 Å². The topological polar surface area (TPSA) is 88.5 Å². The monoisotopic (exact) mass is 371 g/mol. The van der Waals surface area contributed by atoms with Crippen molar-refractivity contribution in [2.45, 2.75) is 5.79 Å². The lowest BCUT2D eigenvalue weighted by atomic mass is 10.1. The number of nitrogens with two attached hydrogens (primary N) is 2. The van der Waals surface area contributed by atoms with Crippen LogP contribution in [0.2, 0.25) is 10.0 Å². The molecule has 1 aromatic rings. The third-order valence-electron chi connectivity index (χ3n) is 2.10. The van der Waals surface area contributed by atoms with Gasteiger partial charge in [-0.25, -0.2) is 4.99 Å². The van der Waals surface area contributed by atoms with Gasteiger partial charge in [-0.2, -0.15) is 5.43 Å². The summed E-state index contributed by atoms with van der Waals surface area (Å²) in [6.07, 6.45) is 0. The standard InChI is InChI=1S/C8H8Cl2IN5/c9-4-1-3(2-5(10)6(4)11)8(13)14-7(12)15-16-8/h1-2,16H,13H2,(H3,12,14,15). The highest BCUT2D eigenvalue weighted by Gasteiger charge is 2.32. The number of hydrazine groups is 1. The zero-order chi connectivity index (χ0) is 11.9. The van der Waals surface area contributed by atoms with Crippen molar-refractivity contribution in [2.75, 3.05) is 0 Å². The summed E-state index contributed by atoms with van der Waals surface area (Å²) < 4.78 is 0.774. The molecule has 1 aliphatic rings. The molecule has 2 rings (SSSR count). The van der Waals surface area contributed by atoms with Gasteiger partial charge in [-0.15, -0.1) is 0 Å². The van der Waals surface area contributed by atoms with E-state index in [-0.39, 0.29) is 5.96 Å². The van der Waals surface area contributed by atoms with Gasteiger partial charge in [0.15, 0.2) is 0 Å². The highest BCUT2D eigenvalue weighted by Crippen LogP contribution is 2.31. The molecule has 8 heteroatoms. The molecule has 1 aliphatic heterocycles. The van der Waals surface area contributed by atoms with Gasteiger partial charge in [-0.05, 0) is 34.7 Å². The molecule has 0 saturated carbocycles. The summed E-state index contributed by atoms with van der Waals surface area (Å²) in [5.74, 6) is -0.921. The first-order valence-electron chi connectivity index (χ1n) is 4.25. The van der Waals surface area contributed by atoms with Crippen molar-refractivity contribution in [1.29, 1.82) is 0 Å². The Bertz CT molecular complexity index is 454. The fourth-order valence-electron chi connectivity index (χ4n) is 1.32. The zero-order valence-corrected chi connectivity index (χ0v) is 11.6. The number of rotatable bonds is 1. The van der Waals surface area contributed by atoms with E-state index in [1.165, 1.54) is 0 Å². The second-order valence-electron chi connectivity index (χ2n) is 3.27. The Morgan fingerprint density at radius 1 is 1.31 bits per heavy atom. The van der Waals surface area contributed by atoms with Crippen LogP contribution in [0, 0.1) is 3.57 Å². The first-order valence-corrected chi connectivity index (χ1v) is 6.08. The van der Waals surface area contributed by atoms with Crippen LogP contribution in [0.4, 0.5) is 0 Å². The molecule has 1 unspecified atom stereocenters. The van der Waals surface area contributed by atoms with Gasteiger partial charge in [0.05, 0.1) is 13.6 Å². The van der Waals surface area contributed by atoms with Crippen LogP contribution < -0.4 is 22.3 Å². The molecule has 0 bridgehead atoms. The predicted octanol–water partition coefficient (Wildman–Crippen LogP) is 1.09. The van der Waals surface area contributed by atoms with E-state index in [9.17, 15) is 0 Å². The summed E-state index contributed by atoms with van der Waals surface area (Å²) in [5, 5.41) is 1.05. The van der Waals surface area contributed by atoms with Crippen molar-refractivity contribution >= 4 is 51.8 Å². The maximum Gasteiger partial charge on any atom is 0.209 e. The SMILES string of the molecule is NC1=NC(N)(c2cc(Cl)c(I)c(Cl)c2)NN1. The van der Waals surface area contributed by atoms with E-state index in [1.807, 2.05) is 0 Å². The molecule has 86 valence electrons. The summed E-state index contributed by atoms with van der Waals surface area (Å²) in [6.45, 7) is 0. The summed E-state index contributed by atoms with van der Waals surface area (Å²) in [7, 11) is 0. The number of benzene rings is 1. The Morgan fingerprint density at radius 2 is 1.88 bits per heavy atom. The number of guanidine groups is 1. The molecule has 16 heavy (non-hydrogen) atoms. The van der Waals surface area contributed by atoms with Crippen molar-refractivity contribution in [3.05, 3.63) is 31.3 Å². The molecule has 0 radical (unpaired) electrons. The number of hydrogen-bond donors (Lipinski definition) is 4. The Hall–Kier alpha value is -0.280. The number of nitrogens with one attached hydrogen (secondary N) is 2. The van der Waals surface area contributed by atoms with Crippen LogP contribution in [0.1, 0.15) is 5.56 Å². The minimum absolute atomic E-state index is 0.216. The van der Waals surface area contributed by atoms with E-state index in [2.05, 4.69) is 38.4 Å². The van der Waals surface area contributed by atoms with Crippen LogP contribution in [0.15, 0.2) is 17.1 Å². The number of nitrogens with zero attached hydrogens (tertiary/aromatic N) is 1. The van der Waals surface area contributed by atoms with Gasteiger partial charge in [-0.1, -0.05) is 23.2 Å². The second kappa shape index (κ2) is 4.19. The number of hydrogen-bond acceptors (Lipinski definition) is 5. The van der Waals surface area contributed by atoms with Crippen LogP contribution in [-0.2, 0) is 5.79 Å². The van der Waals surface area contributed by atoms with Crippen LogP contribution in [-0.4, -0.2) is 5.96 Å². The van der Waals surface area contributed by atoms with Gasteiger partial charge in [-0.3, -0.25) is 11.2 Å². The smallest absolute Gasteiger partial charge is 0.209 e. The molecule has 0 saturated heterocycles. The van der Waals surface area contributed by atoms with Crippen molar-refractivity contribution in [1.82, 2.24) is 10.9 Å². The molecule has 1 aromatic carbocycles. The molecule has 0 amide bonds. The largest absolute Gasteiger partial charge is 0.369 e. The lowest BCUT2D eigenvalue weighted by molar-refractivity contribution is 0.375. The fourth-order valence-corrected chi connectivity index (χ4v) is 2.12. The van der Waals surface area contributed by atoms with Crippen molar-refractivity contribution in [3.63, 3.8) is 0 Å². The first kappa shape index (κ1) is 12.2. The molecule has 1 atom stereocenters. The Morgan fingerprint density at radius 3 is 2.31 bits per heavy atom. The van der Waals surface area contributed by atoms with E-state index in [1.54, 1.807) is 12.1 Å². The van der Waals surface area contributed by atoms with Gasteiger partial charge < -0.3 is 5.73 Å². The van der Waals surface area contributed by atoms with Crippen LogP contribution in [0.25, 0.3) is 0 Å². The van der Waals surface area contributed by atoms with Crippen molar-refractivity contribution in [2.24, 2.45) is 16.5 Å². The molecule has 0 spiro atoms. The molecule has 6 N–H and O–H groups in total. The summed E-state index contributed by atoms with van der Waals surface area (Å²) in [4.78, 5) is 4.03. The van der Waals surface area contributed by atoms with Gasteiger partial charge in [0.1, 0.15) is 0 Å². The van der Waals surface area contributed by atoms with Gasteiger partial charge in [0, 0.05) is 5.56 Å². The van der Waals surface area contributed by atoms with Gasteiger partial charge in [0.2, 0.25) is 11.7 Å². The molecule has 0 aromatic heterocycles. The van der Waals surface area contributed by atoms with E-state index in [4.69, 9.17) is 34.7 Å². The first-order chi connectivity index (χ1) is 7.42. The van der Waals surface area contributed by atoms with E-state index >= 15 is 0 Å². The molecular weight excluding hydrogens is 364 g/mol. The maximum atomic E-state index is 6.02. The van der Waals surface area contributed by atoms with Gasteiger partial charge in [0.25, 0.3) is 0 Å². The lowest BCUT2D eigenvalue weighted by Crippen LogP contribution is -2.50. The van der Waals surface area contributed by atoms with Crippen LogP contribution in [0.3, 0.4) is 0 Å². The van der Waals surface area contributed by atoms with Crippen molar-refractivity contribution in [3.8, 4) is 0 Å². The quantitative estimate of drug-likeness (QED) is 0.439. The molecule has 0 fully saturated rings. The minimum Gasteiger partial charge on any atom is -0.369 e. The number of aliphatic imine (C=N–C) groups is 1. The molecule has 1 heterocycles. The number of halogens is 3. The van der Waals surface area contributed by atoms with Crippen LogP contribution in [0.5, 0.6) is 0 Å². The summed E-state index contributed by atoms with van der Waals surface area (Å²) in [5.41, 5.74) is 17.5. The third-order valence-corrected chi connectivity index (χ3v) is 4.50. The maximum absolute atomic E-state index is 6.02. The normalized spacial score (nSPS) is 24.1. The highest BCUT2D eigenvalue weighted by molar-refractivity contribution is 14.1. The highest BCUT2D eigenvalue weighted by atomic mass is 127. The molecule has 0 aliphatic carbocycles. The van der Waals surface area contributed by atoms with Crippen molar-refractivity contribution < 1.29 is 0 Å². The zero-order valence-electron chi connectivity index (χ0n) is 7.89. The minimum atomic E-state index is -1.14. The second-order valence-corrected chi connectivity index (χ2v) is 5.16. The predicted molar refractivity (Wildman–Crippen MR) is 72.9 cm³/mol. The average molecular weight is 372 g/mol. The third kappa shape index (κ3) is 2.07. The summed E-state index contributed by atoms with van der Waals surface area (Å²) >= 11 is 14.1. The Kier molecular flexibility index (Phi) is 3.19. The Balaban J connectivity index is 2.50. The molecular formula is C8H8Cl2IN5. The molecule has 5 nitrogen and oxygen atoms in total. The van der Waals surface area contributed by atoms with E-state index in [0.29, 0.717) is 15.6 Å². The van der Waals surface area contributed by atoms with Crippen LogP contribution >= 0.6 is 45.8 Å². The van der Waals surface area contributed by atoms with E-state index < -0.39 is 5.79 Å². The lowest BCUT2D eigenvalue weighted by Gasteiger charge is -2.21. The summed E-state index contributed by atoms with van der Waals surface area (Å²) in [6, 6.07) is 3.40. The Labute approximate surface area is 116 Å².